The van der Waals surface area contributed by atoms with E-state index >= 15 is 0 Å². The normalized spacial score (nSPS) is 18.9. The van der Waals surface area contributed by atoms with E-state index in [9.17, 15) is 9.18 Å². The molecule has 7 heteroatoms. The van der Waals surface area contributed by atoms with Crippen LogP contribution in [-0.4, -0.2) is 34.8 Å². The van der Waals surface area contributed by atoms with Crippen LogP contribution >= 0.6 is 11.6 Å². The Bertz CT molecular complexity index is 901. The number of ether oxygens (including phenoxy) is 2. The van der Waals surface area contributed by atoms with Gasteiger partial charge in [-0.1, -0.05) is 44.7 Å². The molecule has 1 saturated carbocycles. The highest BCUT2D eigenvalue weighted by molar-refractivity contribution is 6.32. The predicted molar refractivity (Wildman–Crippen MR) is 133 cm³/mol. The van der Waals surface area contributed by atoms with Crippen molar-refractivity contribution in [1.29, 1.82) is 0 Å². The van der Waals surface area contributed by atoms with Crippen molar-refractivity contribution in [3.8, 4) is 17.1 Å². The summed E-state index contributed by atoms with van der Waals surface area (Å²) >= 11 is 6.47. The predicted octanol–water partition coefficient (Wildman–Crippen LogP) is 7.15. The van der Waals surface area contributed by atoms with Crippen molar-refractivity contribution in [2.24, 2.45) is 5.92 Å². The number of nitrogens with zero attached hydrogens (tertiary/aromatic N) is 2. The molecule has 0 aliphatic heterocycles. The van der Waals surface area contributed by atoms with Crippen LogP contribution in [-0.2, 0) is 16.0 Å². The van der Waals surface area contributed by atoms with Crippen LogP contribution < -0.4 is 4.74 Å². The lowest BCUT2D eigenvalue weighted by atomic mass is 9.88. The van der Waals surface area contributed by atoms with Gasteiger partial charge in [-0.15, -0.1) is 0 Å². The van der Waals surface area contributed by atoms with Crippen molar-refractivity contribution in [1.82, 2.24) is 9.97 Å². The van der Waals surface area contributed by atoms with Crippen molar-refractivity contribution in [2.45, 2.75) is 90.3 Å². The maximum Gasteiger partial charge on any atom is 0.340 e. The van der Waals surface area contributed by atoms with Crippen molar-refractivity contribution < 1.29 is 18.7 Å². The first-order valence-electron chi connectivity index (χ1n) is 12.6. The third-order valence-corrected chi connectivity index (χ3v) is 6.63. The summed E-state index contributed by atoms with van der Waals surface area (Å²) in [6, 6.07) is 5.61. The maximum atomic E-state index is 13.8. The molecule has 1 fully saturated rings. The molecule has 2 aromatic rings. The van der Waals surface area contributed by atoms with Gasteiger partial charge in [-0.25, -0.2) is 19.2 Å². The molecule has 0 N–H and O–H groups in total. The third kappa shape index (κ3) is 7.93. The molecule has 5 nitrogen and oxygen atoms in total. The van der Waals surface area contributed by atoms with Crippen molar-refractivity contribution in [3.05, 3.63) is 41.2 Å². The van der Waals surface area contributed by atoms with Gasteiger partial charge in [0.05, 0.1) is 11.6 Å². The van der Waals surface area contributed by atoms with E-state index in [0.29, 0.717) is 35.5 Å². The van der Waals surface area contributed by atoms with Crippen molar-refractivity contribution >= 4 is 17.6 Å². The number of aromatic nitrogens is 2. The average molecular weight is 491 g/mol. The Kier molecular flexibility index (Phi) is 10.6. The van der Waals surface area contributed by atoms with Crippen LogP contribution in [0.1, 0.15) is 77.2 Å². The zero-order valence-electron chi connectivity index (χ0n) is 20.3. The number of alkyl halides is 1. The molecular formula is C27H36ClFN2O3. The monoisotopic (exact) mass is 490 g/mol. The second-order valence-electron chi connectivity index (χ2n) is 9.16. The highest BCUT2D eigenvalue weighted by atomic mass is 35.5. The summed E-state index contributed by atoms with van der Waals surface area (Å²) in [6.07, 6.45) is 10.3. The number of halogens is 2. The van der Waals surface area contributed by atoms with Gasteiger partial charge in [-0.05, 0) is 74.6 Å². The van der Waals surface area contributed by atoms with Crippen molar-refractivity contribution in [2.75, 3.05) is 6.61 Å². The summed E-state index contributed by atoms with van der Waals surface area (Å²) in [5, 5.41) is 0.528. The number of rotatable bonds is 12. The second kappa shape index (κ2) is 13.6. The largest absolute Gasteiger partial charge is 0.492 e. The molecule has 1 aliphatic carbocycles. The molecule has 0 saturated heterocycles. The van der Waals surface area contributed by atoms with Gasteiger partial charge in [-0.2, -0.15) is 0 Å². The van der Waals surface area contributed by atoms with Crippen LogP contribution in [0, 0.1) is 5.92 Å². The van der Waals surface area contributed by atoms with Gasteiger partial charge in [0, 0.05) is 18.0 Å². The number of esters is 1. The van der Waals surface area contributed by atoms with Crippen LogP contribution in [0.5, 0.6) is 5.75 Å². The van der Waals surface area contributed by atoms with Gasteiger partial charge >= 0.3 is 5.97 Å². The molecule has 0 bridgehead atoms. The van der Waals surface area contributed by atoms with Crippen molar-refractivity contribution in [3.63, 3.8) is 0 Å². The Morgan fingerprint density at radius 2 is 1.82 bits per heavy atom. The fraction of sp³-hybridized carbons (Fsp3) is 0.593. The zero-order valence-corrected chi connectivity index (χ0v) is 21.0. The second-order valence-corrected chi connectivity index (χ2v) is 9.57. The summed E-state index contributed by atoms with van der Waals surface area (Å²) in [5.74, 6) is 0.923. The van der Waals surface area contributed by atoms with E-state index in [4.69, 9.17) is 21.1 Å². The fourth-order valence-electron chi connectivity index (χ4n) is 4.13. The molecule has 1 atom stereocenters. The third-order valence-electron chi connectivity index (χ3n) is 6.33. The van der Waals surface area contributed by atoms with Crippen LogP contribution in [0.25, 0.3) is 11.4 Å². The van der Waals surface area contributed by atoms with E-state index in [1.54, 1.807) is 0 Å². The van der Waals surface area contributed by atoms with Crippen LogP contribution in [0.3, 0.4) is 0 Å². The van der Waals surface area contributed by atoms with Crippen LogP contribution in [0.15, 0.2) is 30.6 Å². The van der Waals surface area contributed by atoms with E-state index in [-0.39, 0.29) is 12.5 Å². The molecule has 0 amide bonds. The van der Waals surface area contributed by atoms with Crippen LogP contribution in [0.4, 0.5) is 4.39 Å². The molecule has 0 spiro atoms. The summed E-state index contributed by atoms with van der Waals surface area (Å²) in [4.78, 5) is 20.8. The number of carbonyl (C=O) groups excluding carboxylic acids is 1. The number of unbranched alkanes of at least 4 members (excludes halogenated alkanes) is 2. The Labute approximate surface area is 207 Å². The lowest BCUT2D eigenvalue weighted by Gasteiger charge is -2.28. The number of aryl methyl sites for hydroxylation is 1. The first-order chi connectivity index (χ1) is 16.5. The topological polar surface area (TPSA) is 61.3 Å². The quantitative estimate of drug-likeness (QED) is 0.295. The number of carbonyl (C=O) groups is 1. The Hall–Kier alpha value is -2.21. The molecule has 1 aromatic heterocycles. The molecule has 0 radical (unpaired) electrons. The average Bonchev–Trinajstić information content (AvgIpc) is 2.86. The van der Waals surface area contributed by atoms with Gasteiger partial charge in [0.25, 0.3) is 0 Å². The van der Waals surface area contributed by atoms with Gasteiger partial charge in [0.15, 0.2) is 12.0 Å². The molecule has 34 heavy (non-hydrogen) atoms. The standard InChI is InChI=1S/C27H36ClFN2O3/c1-3-5-7-20-16-30-26(31-17-20)21-11-14-25(23(28)15-21)33-18-19-9-12-22(13-10-19)34-27(32)24(29)8-6-4-2/h11,14-17,19,22,24H,3-10,12-13,18H2,1-2H3/t19?,22?,24-/m0/s1. The van der Waals surface area contributed by atoms with Crippen LogP contribution in [0.2, 0.25) is 5.02 Å². The SMILES string of the molecule is CCCCc1cnc(-c2ccc(OCC3CCC(OC(=O)[C@@H](F)CCCC)CC3)c(Cl)c2)nc1. The number of benzene rings is 1. The fourth-order valence-corrected chi connectivity index (χ4v) is 4.37. The molecule has 0 unspecified atom stereocenters. The molecule has 1 aromatic carbocycles. The lowest BCUT2D eigenvalue weighted by molar-refractivity contribution is -0.157. The molecule has 186 valence electrons. The number of hydrogen-bond donors (Lipinski definition) is 0. The van der Waals surface area contributed by atoms with Gasteiger partial charge in [0.2, 0.25) is 0 Å². The maximum absolute atomic E-state index is 13.8. The smallest absolute Gasteiger partial charge is 0.340 e. The minimum Gasteiger partial charge on any atom is -0.492 e. The number of hydrogen-bond acceptors (Lipinski definition) is 5. The molecular weight excluding hydrogens is 455 g/mol. The molecule has 1 aliphatic rings. The van der Waals surface area contributed by atoms with Gasteiger partial charge in [-0.3, -0.25) is 0 Å². The lowest BCUT2D eigenvalue weighted by Crippen LogP contribution is -2.30. The Morgan fingerprint density at radius 1 is 1.12 bits per heavy atom. The molecule has 1 heterocycles. The summed E-state index contributed by atoms with van der Waals surface area (Å²) < 4.78 is 25.2. The highest BCUT2D eigenvalue weighted by Crippen LogP contribution is 2.32. The minimum absolute atomic E-state index is 0.195. The van der Waals surface area contributed by atoms with E-state index in [2.05, 4.69) is 16.9 Å². The van der Waals surface area contributed by atoms with E-state index in [1.165, 1.54) is 0 Å². The van der Waals surface area contributed by atoms with Gasteiger partial charge in [0.1, 0.15) is 11.9 Å². The van der Waals surface area contributed by atoms with E-state index < -0.39 is 12.1 Å². The highest BCUT2D eigenvalue weighted by Gasteiger charge is 2.27. The minimum atomic E-state index is -1.50. The van der Waals surface area contributed by atoms with E-state index in [1.807, 2.05) is 37.5 Å². The Balaban J connectivity index is 1.44. The molecule has 3 rings (SSSR count). The zero-order chi connectivity index (χ0) is 24.3. The summed E-state index contributed by atoms with van der Waals surface area (Å²) in [5.41, 5.74) is 1.99. The van der Waals surface area contributed by atoms with Gasteiger partial charge < -0.3 is 9.47 Å². The first-order valence-corrected chi connectivity index (χ1v) is 13.0. The summed E-state index contributed by atoms with van der Waals surface area (Å²) in [7, 11) is 0. The summed E-state index contributed by atoms with van der Waals surface area (Å²) in [6.45, 7) is 4.69. The Morgan fingerprint density at radius 3 is 2.47 bits per heavy atom. The van der Waals surface area contributed by atoms with E-state index in [0.717, 1.165) is 62.5 Å². The first kappa shape index (κ1) is 26.4.